The molecule has 0 saturated carbocycles. The van der Waals surface area contributed by atoms with Crippen LogP contribution in [0.4, 0.5) is 45.2 Å². The van der Waals surface area contributed by atoms with Crippen LogP contribution >= 0.6 is 0 Å². The summed E-state index contributed by atoms with van der Waals surface area (Å²) in [6.07, 6.45) is 0.0694. The third kappa shape index (κ3) is 18.0. The number of nitrogen functional groups attached to an aromatic ring is 1. The van der Waals surface area contributed by atoms with Crippen molar-refractivity contribution in [2.24, 2.45) is 0 Å². The lowest BCUT2D eigenvalue weighted by molar-refractivity contribution is -0.140. The number of rotatable bonds is 25. The Kier molecular flexibility index (Phi) is 27.0. The summed E-state index contributed by atoms with van der Waals surface area (Å²) >= 11 is 0. The summed E-state index contributed by atoms with van der Waals surface area (Å²) < 4.78 is 169. The maximum absolute atomic E-state index is 15.5. The zero-order valence-electron chi connectivity index (χ0n) is 70.5. The zero-order valence-corrected chi connectivity index (χ0v) is 70.5. The number of aromatic nitrogens is 12. The topological polar surface area (TPSA) is 301 Å². The smallest absolute Gasteiger partial charge is 0.337 e. The molecule has 0 fully saturated rings. The third-order valence-corrected chi connectivity index (χ3v) is 20.6. The number of hydrogen-bond donors (Lipinski definition) is 1. The number of methoxy groups -OCH3 is 5. The quantitative estimate of drug-likeness (QED) is 0.0316. The molecular formula is C90H81F9N16O13. The molecule has 0 radical (unpaired) electrons. The van der Waals surface area contributed by atoms with E-state index in [-0.39, 0.29) is 88.5 Å². The van der Waals surface area contributed by atoms with E-state index in [4.69, 9.17) is 29.4 Å². The molecule has 15 rings (SSSR count). The van der Waals surface area contributed by atoms with Crippen molar-refractivity contribution in [2.45, 2.75) is 52.1 Å². The molecule has 0 aliphatic carbocycles. The van der Waals surface area contributed by atoms with Crippen LogP contribution in [0.2, 0.25) is 0 Å². The van der Waals surface area contributed by atoms with Crippen LogP contribution in [0.25, 0.3) is 67.2 Å². The van der Waals surface area contributed by atoms with Gasteiger partial charge in [0.25, 0.3) is 16.7 Å². The molecule has 0 unspecified atom stereocenters. The van der Waals surface area contributed by atoms with Crippen LogP contribution in [0.15, 0.2) is 211 Å². The van der Waals surface area contributed by atoms with E-state index in [1.54, 1.807) is 130 Å². The van der Waals surface area contributed by atoms with Crippen LogP contribution in [0.5, 0.6) is 17.2 Å². The van der Waals surface area contributed by atoms with Crippen molar-refractivity contribution in [1.29, 1.82) is 0 Å². The highest BCUT2D eigenvalue weighted by Crippen LogP contribution is 2.32. The maximum atomic E-state index is 15.5. The van der Waals surface area contributed by atoms with Crippen molar-refractivity contribution in [1.82, 2.24) is 71.4 Å². The molecule has 0 aliphatic heterocycles. The van der Waals surface area contributed by atoms with Gasteiger partial charge in [-0.3, -0.25) is 37.7 Å². The monoisotopic (exact) mass is 1760 g/mol. The minimum atomic E-state index is -1.06. The molecule has 15 aromatic rings. The molecule has 0 spiro atoms. The predicted molar refractivity (Wildman–Crippen MR) is 457 cm³/mol. The molecule has 0 aliphatic rings. The Morgan fingerprint density at radius 1 is 0.344 bits per heavy atom. The number of benzene rings is 9. The highest BCUT2D eigenvalue weighted by molar-refractivity contribution is 5.82. The van der Waals surface area contributed by atoms with Gasteiger partial charge in [-0.05, 0) is 175 Å². The molecule has 2 N–H and O–H groups in total. The number of anilines is 1. The molecule has 662 valence electrons. The Morgan fingerprint density at radius 3 is 0.820 bits per heavy atom. The lowest BCUT2D eigenvalue weighted by Crippen LogP contribution is -2.40. The summed E-state index contributed by atoms with van der Waals surface area (Å²) in [5.74, 6) is -9.80. The van der Waals surface area contributed by atoms with Crippen molar-refractivity contribution < 1.29 is 72.8 Å². The molecule has 0 saturated heterocycles. The van der Waals surface area contributed by atoms with Crippen molar-refractivity contribution >= 4 is 50.7 Å². The molecule has 128 heavy (non-hydrogen) atoms. The second-order valence-electron chi connectivity index (χ2n) is 29.8. The average molecular weight is 1770 g/mol. The Labute approximate surface area is 720 Å². The van der Waals surface area contributed by atoms with Gasteiger partial charge in [-0.2, -0.15) is 0 Å². The lowest BCUT2D eigenvalue weighted by Gasteiger charge is -2.15. The van der Waals surface area contributed by atoms with Gasteiger partial charge in [-0.25, -0.2) is 81.6 Å². The fraction of sp³-hybridized carbons (Fsp3) is 0.211. The number of carbonyl (C=O) groups excluding carboxylic acids is 2. The molecule has 0 amide bonds. The fourth-order valence-corrected chi connectivity index (χ4v) is 14.4. The van der Waals surface area contributed by atoms with Gasteiger partial charge < -0.3 is 44.1 Å². The van der Waals surface area contributed by atoms with Crippen LogP contribution in [0.1, 0.15) is 44.9 Å². The van der Waals surface area contributed by atoms with E-state index in [2.05, 4.69) is 15.3 Å². The fourth-order valence-electron chi connectivity index (χ4n) is 14.4. The van der Waals surface area contributed by atoms with Gasteiger partial charge in [0, 0.05) is 42.0 Å². The molecule has 0 bridgehead atoms. The number of halogens is 9. The Bertz CT molecular complexity index is 6850. The molecule has 0 atom stereocenters. The molecule has 9 aromatic carbocycles. The van der Waals surface area contributed by atoms with Crippen LogP contribution in [-0.2, 0) is 71.2 Å². The van der Waals surface area contributed by atoms with E-state index in [0.717, 1.165) is 50.1 Å². The minimum absolute atomic E-state index is 0.0240. The number of fused-ring (bicyclic) bond motifs is 3. The normalized spacial score (nSPS) is 11.4. The van der Waals surface area contributed by atoms with E-state index in [1.807, 2.05) is 0 Å². The largest absolute Gasteiger partial charge is 0.494 e. The van der Waals surface area contributed by atoms with E-state index < -0.39 is 146 Å². The second-order valence-corrected chi connectivity index (χ2v) is 29.8. The van der Waals surface area contributed by atoms with Crippen molar-refractivity contribution in [3.8, 4) is 51.4 Å². The highest BCUT2D eigenvalue weighted by Gasteiger charge is 2.32. The van der Waals surface area contributed by atoms with Crippen LogP contribution in [0.3, 0.4) is 0 Å². The maximum Gasteiger partial charge on any atom is 0.337 e. The first-order valence-corrected chi connectivity index (χ1v) is 38.9. The van der Waals surface area contributed by atoms with Crippen LogP contribution in [0, 0.1) is 52.4 Å². The van der Waals surface area contributed by atoms with Crippen molar-refractivity contribution in [3.63, 3.8) is 0 Å². The van der Waals surface area contributed by atoms with E-state index in [1.165, 1.54) is 122 Å². The zero-order chi connectivity index (χ0) is 92.1. The first kappa shape index (κ1) is 90.5. The van der Waals surface area contributed by atoms with E-state index >= 15 is 13.2 Å². The summed E-state index contributed by atoms with van der Waals surface area (Å²) in [5, 5.41) is 13.6. The Morgan fingerprint density at radius 2 is 0.586 bits per heavy atom. The van der Waals surface area contributed by atoms with Crippen LogP contribution < -0.4 is 53.7 Å². The number of esters is 2. The molecular weight excluding hydrogens is 1680 g/mol. The van der Waals surface area contributed by atoms with Crippen molar-refractivity contribution in [3.05, 3.63) is 342 Å². The minimum Gasteiger partial charge on any atom is -0.494 e. The van der Waals surface area contributed by atoms with Gasteiger partial charge in [0.15, 0.2) is 51.6 Å². The summed E-state index contributed by atoms with van der Waals surface area (Å²) in [6.45, 7) is -1.43. The Balaban J connectivity index is 0.000000164. The summed E-state index contributed by atoms with van der Waals surface area (Å²) in [4.78, 5) is 113. The number of hydrogen-bond acceptors (Lipinski definition) is 20. The summed E-state index contributed by atoms with van der Waals surface area (Å²) in [5.41, 5.74) is 1.48. The van der Waals surface area contributed by atoms with Gasteiger partial charge in [0.05, 0.1) is 119 Å². The highest BCUT2D eigenvalue weighted by atomic mass is 19.2. The lowest BCUT2D eigenvalue weighted by atomic mass is 10.1. The molecule has 6 aromatic heterocycles. The predicted octanol–water partition coefficient (Wildman–Crippen LogP) is 10.6. The third-order valence-electron chi connectivity index (χ3n) is 20.6. The first-order valence-electron chi connectivity index (χ1n) is 38.9. The molecule has 6 heterocycles. The standard InChI is InChI=1S/2C31H28F3N5O5.C28H25F3N6O3/c2*1-36(2)17-24-27-29(35-39(24)19-13-11-18(12-14-19)15-26(40)44-4)37(16-20-21(32)7-5-8-22(20)33)31(42)38(30(27)41)23-9-6-10-25(43-3)28(23)34;1-34(2)15-22-24-26(33-37(22)17-12-10-16(32)11-13-17)35(14-18-19(29)6-4-7-20(18)30)28(39)36(27(24)38)21-8-5-9-23(40-3)25(21)31/h2*5-14H,15-17H2,1-4H3;4-13H,14-15,32H2,1-3H3. The summed E-state index contributed by atoms with van der Waals surface area (Å²) in [6, 6.07) is 41.9. The van der Waals surface area contributed by atoms with E-state index in [0.29, 0.717) is 64.7 Å². The van der Waals surface area contributed by atoms with Crippen LogP contribution in [-0.4, -0.2) is 161 Å². The first-order chi connectivity index (χ1) is 61.2. The number of nitrogens with two attached hydrogens (primary N) is 1. The van der Waals surface area contributed by atoms with Gasteiger partial charge in [-0.15, -0.1) is 15.3 Å². The van der Waals surface area contributed by atoms with E-state index in [9.17, 15) is 64.7 Å². The second kappa shape index (κ2) is 38.1. The average Bonchev–Trinajstić information content (AvgIpc) is 1.58. The Hall–Kier alpha value is -15.2. The van der Waals surface area contributed by atoms with Gasteiger partial charge >= 0.3 is 29.0 Å². The number of nitrogens with zero attached hydrogens (tertiary/aromatic N) is 15. The SMILES string of the molecule is COC(=O)Cc1ccc(-n2nc3c(c2CN(C)C)c(=O)n(-c2cccc(OC)c2F)c(=O)n3Cc2c(F)cccc2F)cc1.COC(=O)Cc1ccc(-n2nc3c(c2CN(C)C)c(=O)n(-c2cccc(OC)c2F)c(=O)n3Cc2c(F)cccc2F)cc1.COc1cccc(-n2c(=O)c3c(CN(C)C)n(-c4ccc(N)cc4)nc3n(Cc3c(F)cccc3F)c2=O)c1F. The van der Waals surface area contributed by atoms with Gasteiger partial charge in [-0.1, -0.05) is 60.7 Å². The van der Waals surface area contributed by atoms with Gasteiger partial charge in [0.2, 0.25) is 0 Å². The summed E-state index contributed by atoms with van der Waals surface area (Å²) in [7, 11) is 16.9. The molecule has 38 heteroatoms. The number of carbonyl (C=O) groups is 2. The molecule has 29 nitrogen and oxygen atoms in total. The van der Waals surface area contributed by atoms with Gasteiger partial charge in [0.1, 0.15) is 51.1 Å². The van der Waals surface area contributed by atoms with Crippen molar-refractivity contribution in [2.75, 3.05) is 83.6 Å². The number of ether oxygens (including phenoxy) is 5.